The average Bonchev–Trinajstić information content (AvgIpc) is 2.72. The molecule has 4 nitrogen and oxygen atoms in total. The molecule has 2 amide bonds. The first kappa shape index (κ1) is 22.6. The molecule has 0 saturated heterocycles. The summed E-state index contributed by atoms with van der Waals surface area (Å²) in [6, 6.07) is 8.64. The van der Waals surface area contributed by atoms with E-state index in [0.29, 0.717) is 24.3 Å². The van der Waals surface area contributed by atoms with Crippen LogP contribution in [-0.4, -0.2) is 18.9 Å². The van der Waals surface area contributed by atoms with Crippen molar-refractivity contribution in [1.29, 1.82) is 0 Å². The fourth-order valence-electron chi connectivity index (χ4n) is 2.67. The van der Waals surface area contributed by atoms with Crippen molar-refractivity contribution in [3.8, 4) is 0 Å². The van der Waals surface area contributed by atoms with Crippen LogP contribution >= 0.6 is 23.2 Å². The fourth-order valence-corrected chi connectivity index (χ4v) is 3.14. The molecule has 3 rings (SSSR count). The van der Waals surface area contributed by atoms with Gasteiger partial charge >= 0.3 is 0 Å². The third kappa shape index (κ3) is 4.81. The molecule has 0 heterocycles. The summed E-state index contributed by atoms with van der Waals surface area (Å²) in [5, 5.41) is 1.91. The predicted octanol–water partition coefficient (Wildman–Crippen LogP) is 6.08. The van der Waals surface area contributed by atoms with Crippen molar-refractivity contribution in [3.63, 3.8) is 0 Å². The lowest BCUT2D eigenvalue weighted by Crippen LogP contribution is -2.27. The van der Waals surface area contributed by atoms with Crippen LogP contribution in [0.25, 0.3) is 0 Å². The van der Waals surface area contributed by atoms with Crippen molar-refractivity contribution in [3.05, 3.63) is 93.0 Å². The first-order valence-corrected chi connectivity index (χ1v) is 9.32. The lowest BCUT2D eigenvalue weighted by atomic mass is 10.1. The van der Waals surface area contributed by atoms with Crippen LogP contribution in [0.15, 0.2) is 48.5 Å². The molecule has 160 valence electrons. The molecule has 10 heteroatoms. The molecule has 3 aromatic carbocycles. The topological polar surface area (TPSA) is 49.4 Å². The minimum Gasteiger partial charge on any atom is -0.322 e. The van der Waals surface area contributed by atoms with E-state index >= 15 is 0 Å². The lowest BCUT2D eigenvalue weighted by Gasteiger charge is -2.19. The summed E-state index contributed by atoms with van der Waals surface area (Å²) in [5.41, 5.74) is -0.0608. The van der Waals surface area contributed by atoms with Gasteiger partial charge in [0.05, 0.1) is 21.2 Å². The summed E-state index contributed by atoms with van der Waals surface area (Å²) in [6.07, 6.45) is 0. The average molecular weight is 471 g/mol. The van der Waals surface area contributed by atoms with E-state index < -0.39 is 35.1 Å². The maximum atomic E-state index is 13.5. The number of nitrogens with zero attached hydrogens (tertiary/aromatic N) is 1. The second-order valence-electron chi connectivity index (χ2n) is 6.36. The number of anilines is 2. The number of halogens is 6. The Kier molecular flexibility index (Phi) is 6.52. The molecule has 0 saturated carbocycles. The van der Waals surface area contributed by atoms with Crippen LogP contribution in [-0.2, 0) is 0 Å². The van der Waals surface area contributed by atoms with Gasteiger partial charge in [-0.3, -0.25) is 9.59 Å². The molecule has 0 radical (unpaired) electrons. The zero-order valence-electron chi connectivity index (χ0n) is 15.7. The van der Waals surface area contributed by atoms with Gasteiger partial charge in [0, 0.05) is 18.4 Å². The largest absolute Gasteiger partial charge is 0.322 e. The van der Waals surface area contributed by atoms with Gasteiger partial charge in [-0.2, -0.15) is 0 Å². The summed E-state index contributed by atoms with van der Waals surface area (Å²) in [6.45, 7) is 0. The van der Waals surface area contributed by atoms with Crippen LogP contribution in [0.2, 0.25) is 10.0 Å². The van der Waals surface area contributed by atoms with Crippen LogP contribution in [0.1, 0.15) is 20.7 Å². The number of hydrogen-bond acceptors (Lipinski definition) is 2. The molecule has 0 aliphatic carbocycles. The molecule has 0 aliphatic rings. The van der Waals surface area contributed by atoms with E-state index in [1.807, 2.05) is 0 Å². The van der Waals surface area contributed by atoms with Crippen LogP contribution in [0.4, 0.5) is 28.9 Å². The van der Waals surface area contributed by atoms with Gasteiger partial charge in [-0.25, -0.2) is 17.6 Å². The van der Waals surface area contributed by atoms with E-state index in [0.717, 1.165) is 4.90 Å². The molecule has 0 atom stereocenters. The Hall–Kier alpha value is -3.10. The minimum absolute atomic E-state index is 0.208. The Morgan fingerprint density at radius 2 is 1.32 bits per heavy atom. The smallest absolute Gasteiger partial charge is 0.259 e. The monoisotopic (exact) mass is 470 g/mol. The Balaban J connectivity index is 1.85. The van der Waals surface area contributed by atoms with Crippen LogP contribution in [0.3, 0.4) is 0 Å². The highest BCUT2D eigenvalue weighted by Gasteiger charge is 2.20. The normalized spacial score (nSPS) is 10.7. The number of carbonyl (C=O) groups excluding carboxylic acids is 2. The maximum Gasteiger partial charge on any atom is 0.259 e. The van der Waals surface area contributed by atoms with Crippen LogP contribution < -0.4 is 10.2 Å². The number of amides is 2. The first-order valence-electron chi connectivity index (χ1n) is 8.57. The summed E-state index contributed by atoms with van der Waals surface area (Å²) in [4.78, 5) is 26.2. The minimum atomic E-state index is -1.24. The molecule has 0 bridgehead atoms. The van der Waals surface area contributed by atoms with E-state index in [2.05, 4.69) is 5.32 Å². The third-order valence-corrected chi connectivity index (χ3v) is 4.92. The van der Waals surface area contributed by atoms with Crippen molar-refractivity contribution in [2.75, 3.05) is 17.3 Å². The zero-order valence-corrected chi connectivity index (χ0v) is 17.2. The molecule has 3 aromatic rings. The standard InChI is InChI=1S/C21H12Cl2F4N2O2/c1-29(21(31)13-7-17(25)19(27)9-15(13)23)11-4-2-3-10(5-11)28-20(30)12-6-16(24)18(26)8-14(12)22/h2-9H,1H3,(H,28,30). The molecule has 0 spiro atoms. The van der Waals surface area contributed by atoms with E-state index in [1.165, 1.54) is 31.3 Å². The number of benzene rings is 3. The Morgan fingerprint density at radius 1 is 0.806 bits per heavy atom. The van der Waals surface area contributed by atoms with Gasteiger partial charge in [-0.15, -0.1) is 0 Å². The number of nitrogens with one attached hydrogen (secondary N) is 1. The Bertz CT molecular complexity index is 1200. The van der Waals surface area contributed by atoms with Crippen molar-refractivity contribution in [2.24, 2.45) is 0 Å². The van der Waals surface area contributed by atoms with Crippen LogP contribution in [0, 0.1) is 23.3 Å². The quantitative estimate of drug-likeness (QED) is 0.371. The Morgan fingerprint density at radius 3 is 1.94 bits per heavy atom. The highest BCUT2D eigenvalue weighted by molar-refractivity contribution is 6.35. The number of hydrogen-bond donors (Lipinski definition) is 1. The van der Waals surface area contributed by atoms with Gasteiger partial charge in [0.2, 0.25) is 0 Å². The zero-order chi connectivity index (χ0) is 22.9. The van der Waals surface area contributed by atoms with E-state index in [-0.39, 0.29) is 32.5 Å². The van der Waals surface area contributed by atoms with Gasteiger partial charge in [0.25, 0.3) is 11.8 Å². The molecule has 0 unspecified atom stereocenters. The summed E-state index contributed by atoms with van der Waals surface area (Å²) in [7, 11) is 1.37. The summed E-state index contributed by atoms with van der Waals surface area (Å²) in [5.74, 6) is -6.39. The number of carbonyl (C=O) groups is 2. The first-order chi connectivity index (χ1) is 14.6. The van der Waals surface area contributed by atoms with Gasteiger partial charge < -0.3 is 10.2 Å². The molecule has 0 aliphatic heterocycles. The second kappa shape index (κ2) is 8.95. The lowest BCUT2D eigenvalue weighted by molar-refractivity contribution is 0.0991. The van der Waals surface area contributed by atoms with Crippen molar-refractivity contribution in [2.45, 2.75) is 0 Å². The number of rotatable bonds is 4. The van der Waals surface area contributed by atoms with Gasteiger partial charge in [-0.05, 0) is 42.5 Å². The van der Waals surface area contributed by atoms with E-state index in [1.54, 1.807) is 0 Å². The van der Waals surface area contributed by atoms with Gasteiger partial charge in [-0.1, -0.05) is 29.3 Å². The molecule has 0 aromatic heterocycles. The van der Waals surface area contributed by atoms with Gasteiger partial charge in [0.15, 0.2) is 23.3 Å². The highest BCUT2D eigenvalue weighted by Crippen LogP contribution is 2.26. The van der Waals surface area contributed by atoms with Crippen molar-refractivity contribution >= 4 is 46.4 Å². The van der Waals surface area contributed by atoms with E-state index in [4.69, 9.17) is 23.2 Å². The molecule has 0 fully saturated rings. The summed E-state index contributed by atoms with van der Waals surface area (Å²) < 4.78 is 53.4. The van der Waals surface area contributed by atoms with Crippen molar-refractivity contribution < 1.29 is 27.2 Å². The summed E-state index contributed by atoms with van der Waals surface area (Å²) >= 11 is 11.7. The highest BCUT2D eigenvalue weighted by atomic mass is 35.5. The fraction of sp³-hybridized carbons (Fsp3) is 0.0476. The third-order valence-electron chi connectivity index (χ3n) is 4.29. The van der Waals surface area contributed by atoms with E-state index in [9.17, 15) is 27.2 Å². The Labute approximate surface area is 184 Å². The molecule has 31 heavy (non-hydrogen) atoms. The van der Waals surface area contributed by atoms with Gasteiger partial charge in [0.1, 0.15) is 0 Å². The maximum absolute atomic E-state index is 13.5. The molecular weight excluding hydrogens is 459 g/mol. The SMILES string of the molecule is CN(C(=O)c1cc(F)c(F)cc1Cl)c1cccc(NC(=O)c2cc(F)c(F)cc2Cl)c1. The van der Waals surface area contributed by atoms with Crippen LogP contribution in [0.5, 0.6) is 0 Å². The molecule has 1 N–H and O–H groups in total. The van der Waals surface area contributed by atoms with Crippen molar-refractivity contribution in [1.82, 2.24) is 0 Å². The molecular formula is C21H12Cl2F4N2O2. The predicted molar refractivity (Wildman–Crippen MR) is 110 cm³/mol. The second-order valence-corrected chi connectivity index (χ2v) is 7.18.